The van der Waals surface area contributed by atoms with Gasteiger partial charge in [0.1, 0.15) is 12.5 Å². The molecule has 4 N–H and O–H groups in total. The van der Waals surface area contributed by atoms with Crippen LogP contribution in [0.2, 0.25) is 0 Å². The van der Waals surface area contributed by atoms with Crippen molar-refractivity contribution in [2.45, 2.75) is 102 Å². The van der Waals surface area contributed by atoms with Crippen molar-refractivity contribution >= 4 is 45.9 Å². The molecule has 0 aromatic carbocycles. The van der Waals surface area contributed by atoms with E-state index in [0.29, 0.717) is 25.0 Å². The Morgan fingerprint density at radius 2 is 1.04 bits per heavy atom. The maximum atomic E-state index is 6.14. The second-order valence-electron chi connectivity index (χ2n) is 15.3. The monoisotopic (exact) mass is 764 g/mol. The highest BCUT2D eigenvalue weighted by molar-refractivity contribution is 5.85. The molecule has 0 spiro atoms. The fourth-order valence-electron chi connectivity index (χ4n) is 8.07. The molecule has 56 heavy (non-hydrogen) atoms. The van der Waals surface area contributed by atoms with Gasteiger partial charge in [0.25, 0.3) is 0 Å². The summed E-state index contributed by atoms with van der Waals surface area (Å²) in [6.45, 7) is 2.81. The van der Waals surface area contributed by atoms with Crippen LogP contribution in [0.15, 0.2) is 37.7 Å². The van der Waals surface area contributed by atoms with Gasteiger partial charge in [0.2, 0.25) is 11.9 Å². The molecule has 3 aliphatic rings. The van der Waals surface area contributed by atoms with Crippen molar-refractivity contribution in [3.63, 3.8) is 0 Å². The van der Waals surface area contributed by atoms with Crippen molar-refractivity contribution in [3.05, 3.63) is 49.1 Å². The van der Waals surface area contributed by atoms with Gasteiger partial charge < -0.3 is 39.9 Å². The number of aryl methyl sites for hydroxylation is 2. The van der Waals surface area contributed by atoms with Crippen LogP contribution in [0.25, 0.3) is 22.3 Å². The number of anilines is 4. The zero-order valence-corrected chi connectivity index (χ0v) is 32.3. The molecule has 3 fully saturated rings. The average molecular weight is 765 g/mol. The molecule has 2 saturated heterocycles. The van der Waals surface area contributed by atoms with Crippen LogP contribution < -0.4 is 21.3 Å². The standard InChI is InChI=1S/C38H52N16O2/c1-51-19-27(41-21-51)13-15-39-37-47-33(31-35(49-37)53(23-43-31)29-7-3-5-17-55-29)45-25-9-11-26(12-10-25)46-34-32-36(54(24-44-32)30-8-4-6-18-56-30)50-38(48-34)40-16-14-28-20-52(2)22-42-28/h19-26,29-30H,3-18H2,1-2H3,(H2,39,45,47,49)(H2,40,46,48,50)/t25-,26-,29?,30?. The van der Waals surface area contributed by atoms with Gasteiger partial charge in [0.05, 0.1) is 36.7 Å². The highest BCUT2D eigenvalue weighted by atomic mass is 16.5. The molecule has 8 heterocycles. The van der Waals surface area contributed by atoms with Gasteiger partial charge in [-0.2, -0.15) is 19.9 Å². The Hall–Kier alpha value is -5.36. The lowest BCUT2D eigenvalue weighted by molar-refractivity contribution is -0.0299. The molecular formula is C38H52N16O2. The first-order valence-electron chi connectivity index (χ1n) is 20.2. The molecule has 0 radical (unpaired) electrons. The third-order valence-electron chi connectivity index (χ3n) is 11.0. The summed E-state index contributed by atoms with van der Waals surface area (Å²) in [4.78, 5) is 38.4. The lowest BCUT2D eigenvalue weighted by Crippen LogP contribution is -2.33. The van der Waals surface area contributed by atoms with E-state index < -0.39 is 0 Å². The Kier molecular flexibility index (Phi) is 10.6. The summed E-state index contributed by atoms with van der Waals surface area (Å²) < 4.78 is 20.3. The molecular weight excluding hydrogens is 713 g/mol. The number of hydrogen-bond acceptors (Lipinski definition) is 14. The van der Waals surface area contributed by atoms with E-state index in [2.05, 4.69) is 40.4 Å². The number of hydrogen-bond donors (Lipinski definition) is 4. The molecule has 1 aliphatic carbocycles. The first-order valence-corrected chi connectivity index (χ1v) is 20.2. The third kappa shape index (κ3) is 8.11. The summed E-state index contributed by atoms with van der Waals surface area (Å²) in [5.41, 5.74) is 5.12. The van der Waals surface area contributed by atoms with E-state index in [1.807, 2.05) is 60.9 Å². The number of nitrogens with zero attached hydrogens (tertiary/aromatic N) is 12. The van der Waals surface area contributed by atoms with Crippen molar-refractivity contribution < 1.29 is 9.47 Å². The van der Waals surface area contributed by atoms with E-state index in [9.17, 15) is 0 Å². The van der Waals surface area contributed by atoms with Gasteiger partial charge in [-0.3, -0.25) is 9.13 Å². The van der Waals surface area contributed by atoms with Gasteiger partial charge >= 0.3 is 0 Å². The second kappa shape index (κ2) is 16.4. The maximum absolute atomic E-state index is 6.14. The van der Waals surface area contributed by atoms with E-state index >= 15 is 0 Å². The number of imidazole rings is 4. The molecule has 2 unspecified atom stereocenters. The van der Waals surface area contributed by atoms with Crippen molar-refractivity contribution in [2.75, 3.05) is 47.6 Å². The molecule has 2 aliphatic heterocycles. The number of rotatable bonds is 14. The number of fused-ring (bicyclic) bond motifs is 2. The Morgan fingerprint density at radius 3 is 1.43 bits per heavy atom. The highest BCUT2D eigenvalue weighted by Crippen LogP contribution is 2.33. The quantitative estimate of drug-likeness (QED) is 0.116. The zero-order valence-electron chi connectivity index (χ0n) is 32.3. The van der Waals surface area contributed by atoms with E-state index in [0.717, 1.165) is 136 Å². The van der Waals surface area contributed by atoms with E-state index in [4.69, 9.17) is 39.4 Å². The van der Waals surface area contributed by atoms with Gasteiger partial charge in [-0.25, -0.2) is 19.9 Å². The fourth-order valence-corrected chi connectivity index (χ4v) is 8.07. The minimum atomic E-state index is -0.0779. The van der Waals surface area contributed by atoms with Crippen molar-refractivity contribution in [1.82, 2.24) is 58.1 Å². The largest absolute Gasteiger partial charge is 0.365 e. The van der Waals surface area contributed by atoms with Crippen LogP contribution in [0.5, 0.6) is 0 Å². The number of nitrogens with one attached hydrogen (secondary N) is 4. The minimum absolute atomic E-state index is 0.0779. The topological polar surface area (TPSA) is 189 Å². The van der Waals surface area contributed by atoms with Gasteiger partial charge in [-0.15, -0.1) is 0 Å². The van der Waals surface area contributed by atoms with Crippen LogP contribution in [0.3, 0.4) is 0 Å². The number of aromatic nitrogens is 12. The Labute approximate surface area is 325 Å². The lowest BCUT2D eigenvalue weighted by Gasteiger charge is -2.30. The summed E-state index contributed by atoms with van der Waals surface area (Å²) in [5, 5.41) is 14.4. The summed E-state index contributed by atoms with van der Waals surface area (Å²) >= 11 is 0. The molecule has 2 atom stereocenters. The molecule has 6 aromatic heterocycles. The van der Waals surface area contributed by atoms with Gasteiger partial charge in [0.15, 0.2) is 34.0 Å². The van der Waals surface area contributed by atoms with E-state index in [1.54, 1.807) is 0 Å². The minimum Gasteiger partial charge on any atom is -0.365 e. The molecule has 9 rings (SSSR count). The first kappa shape index (κ1) is 36.3. The molecule has 1 saturated carbocycles. The van der Waals surface area contributed by atoms with Gasteiger partial charge in [0, 0.05) is 77.7 Å². The SMILES string of the molecule is Cn1cnc(CCNc2nc(N[C@H]3CC[C@H](Nc4nc(NCCc5cn(C)cn5)nc5c4ncn5C4CCCCO4)CC3)c3ncn(C4CCCCO4)c3n2)c1. The van der Waals surface area contributed by atoms with Gasteiger partial charge in [-0.1, -0.05) is 0 Å². The van der Waals surface area contributed by atoms with E-state index in [-0.39, 0.29) is 24.5 Å². The Balaban J connectivity index is 0.897. The molecule has 0 amide bonds. The smallest absolute Gasteiger partial charge is 0.226 e. The van der Waals surface area contributed by atoms with Crippen LogP contribution in [0.1, 0.15) is 88.1 Å². The zero-order chi connectivity index (χ0) is 37.8. The maximum Gasteiger partial charge on any atom is 0.226 e. The summed E-state index contributed by atoms with van der Waals surface area (Å²) in [5.74, 6) is 2.63. The molecule has 6 aromatic rings. The van der Waals surface area contributed by atoms with Crippen LogP contribution in [0, 0.1) is 0 Å². The average Bonchev–Trinajstić information content (AvgIpc) is 4.04. The van der Waals surface area contributed by atoms with Gasteiger partial charge in [-0.05, 0) is 64.2 Å². The van der Waals surface area contributed by atoms with Crippen molar-refractivity contribution in [3.8, 4) is 0 Å². The second-order valence-corrected chi connectivity index (χ2v) is 15.3. The molecule has 18 nitrogen and oxygen atoms in total. The Morgan fingerprint density at radius 1 is 0.571 bits per heavy atom. The third-order valence-corrected chi connectivity index (χ3v) is 11.0. The fraction of sp³-hybridized carbons (Fsp3) is 0.579. The number of ether oxygens (including phenoxy) is 2. The van der Waals surface area contributed by atoms with Crippen LogP contribution in [0.4, 0.5) is 23.5 Å². The molecule has 296 valence electrons. The van der Waals surface area contributed by atoms with E-state index in [1.165, 1.54) is 0 Å². The molecule has 18 heteroatoms. The predicted octanol–water partition coefficient (Wildman–Crippen LogP) is 4.98. The van der Waals surface area contributed by atoms with Crippen LogP contribution in [-0.2, 0) is 36.4 Å². The normalized spacial score (nSPS) is 21.8. The lowest BCUT2D eigenvalue weighted by atomic mass is 9.91. The van der Waals surface area contributed by atoms with Crippen LogP contribution >= 0.6 is 0 Å². The van der Waals surface area contributed by atoms with Crippen molar-refractivity contribution in [1.29, 1.82) is 0 Å². The van der Waals surface area contributed by atoms with Crippen molar-refractivity contribution in [2.24, 2.45) is 14.1 Å². The predicted molar refractivity (Wildman–Crippen MR) is 212 cm³/mol. The summed E-state index contributed by atoms with van der Waals surface area (Å²) in [6.07, 6.45) is 22.9. The Bertz CT molecular complexity index is 2060. The summed E-state index contributed by atoms with van der Waals surface area (Å²) in [7, 11) is 3.96. The first-order chi connectivity index (χ1) is 27.5. The molecule has 0 bridgehead atoms. The summed E-state index contributed by atoms with van der Waals surface area (Å²) in [6, 6.07) is 0.445. The van der Waals surface area contributed by atoms with Crippen LogP contribution in [-0.4, -0.2) is 96.5 Å². The highest BCUT2D eigenvalue weighted by Gasteiger charge is 2.27.